The van der Waals surface area contributed by atoms with Crippen LogP contribution in [-0.4, -0.2) is 29.3 Å². The van der Waals surface area contributed by atoms with Crippen LogP contribution in [0.1, 0.15) is 25.0 Å². The number of carboxylic acids is 1. The molecule has 0 atom stereocenters. The van der Waals surface area contributed by atoms with Gasteiger partial charge in [0.05, 0.1) is 11.2 Å². The highest BCUT2D eigenvalue weighted by Gasteiger charge is 2.27. The highest BCUT2D eigenvalue weighted by Crippen LogP contribution is 2.15. The molecule has 0 aliphatic rings. The first kappa shape index (κ1) is 16.6. The van der Waals surface area contributed by atoms with Gasteiger partial charge in [-0.05, 0) is 26.3 Å². The van der Waals surface area contributed by atoms with Crippen LogP contribution in [0.15, 0.2) is 24.3 Å². The Morgan fingerprint density at radius 3 is 2.65 bits per heavy atom. The Morgan fingerprint density at radius 2 is 2.05 bits per heavy atom. The molecule has 0 radical (unpaired) electrons. The highest BCUT2D eigenvalue weighted by atomic mass is 32.2. The molecule has 4 nitrogen and oxygen atoms in total. The normalized spacial score (nSPS) is 11.2. The molecule has 1 aromatic carbocycles. The molecular formula is C15H21NO3S. The third-order valence-electron chi connectivity index (χ3n) is 2.89. The molecule has 0 aliphatic carbocycles. The van der Waals surface area contributed by atoms with Crippen molar-refractivity contribution in [1.29, 1.82) is 0 Å². The average Bonchev–Trinajstić information content (AvgIpc) is 2.36. The zero-order chi connectivity index (χ0) is 15.2. The number of hydrogen-bond acceptors (Lipinski definition) is 3. The molecule has 0 spiro atoms. The van der Waals surface area contributed by atoms with Crippen LogP contribution in [0, 0.1) is 12.3 Å². The summed E-state index contributed by atoms with van der Waals surface area (Å²) < 4.78 is 0. The topological polar surface area (TPSA) is 66.4 Å². The highest BCUT2D eigenvalue weighted by molar-refractivity contribution is 7.99. The molecule has 20 heavy (non-hydrogen) atoms. The maximum atomic E-state index is 11.6. The number of rotatable bonds is 7. The summed E-state index contributed by atoms with van der Waals surface area (Å²) in [6.45, 7) is 5.37. The van der Waals surface area contributed by atoms with Crippen LogP contribution < -0.4 is 5.32 Å². The van der Waals surface area contributed by atoms with Crippen molar-refractivity contribution in [2.45, 2.75) is 26.5 Å². The SMILES string of the molecule is Cc1cccc(CSCC(=O)NCC(C)(C)C(=O)O)c1. The number of aliphatic carboxylic acids is 1. The monoisotopic (exact) mass is 295 g/mol. The van der Waals surface area contributed by atoms with Gasteiger partial charge in [0.15, 0.2) is 0 Å². The van der Waals surface area contributed by atoms with E-state index in [1.54, 1.807) is 13.8 Å². The van der Waals surface area contributed by atoms with Gasteiger partial charge in [-0.15, -0.1) is 11.8 Å². The van der Waals surface area contributed by atoms with E-state index in [0.717, 1.165) is 5.75 Å². The molecular weight excluding hydrogens is 274 g/mol. The number of hydrogen-bond donors (Lipinski definition) is 2. The molecule has 1 amide bonds. The summed E-state index contributed by atoms with van der Waals surface area (Å²) in [4.78, 5) is 22.6. The first-order valence-electron chi connectivity index (χ1n) is 6.44. The molecule has 0 heterocycles. The summed E-state index contributed by atoms with van der Waals surface area (Å²) in [7, 11) is 0. The number of amides is 1. The van der Waals surface area contributed by atoms with E-state index in [9.17, 15) is 9.59 Å². The summed E-state index contributed by atoms with van der Waals surface area (Å²) in [5, 5.41) is 11.6. The fourth-order valence-electron chi connectivity index (χ4n) is 1.51. The van der Waals surface area contributed by atoms with Crippen LogP contribution in [0.2, 0.25) is 0 Å². The standard InChI is InChI=1S/C15H21NO3S/c1-11-5-4-6-12(7-11)8-20-9-13(17)16-10-15(2,3)14(18)19/h4-7H,8-10H2,1-3H3,(H,16,17)(H,18,19). The van der Waals surface area contributed by atoms with Gasteiger partial charge in [0.25, 0.3) is 0 Å². The van der Waals surface area contributed by atoms with Gasteiger partial charge in [-0.2, -0.15) is 0 Å². The van der Waals surface area contributed by atoms with Gasteiger partial charge in [0.1, 0.15) is 0 Å². The number of benzene rings is 1. The van der Waals surface area contributed by atoms with Crippen LogP contribution in [-0.2, 0) is 15.3 Å². The smallest absolute Gasteiger partial charge is 0.310 e. The van der Waals surface area contributed by atoms with Crippen molar-refractivity contribution in [3.8, 4) is 0 Å². The number of aryl methyl sites for hydroxylation is 1. The lowest BCUT2D eigenvalue weighted by Crippen LogP contribution is -2.39. The molecule has 0 aromatic heterocycles. The molecule has 0 saturated heterocycles. The second-order valence-corrected chi connectivity index (χ2v) is 6.43. The maximum absolute atomic E-state index is 11.6. The lowest BCUT2D eigenvalue weighted by atomic mass is 9.94. The number of carboxylic acid groups (broad SMARTS) is 1. The molecule has 0 bridgehead atoms. The van der Waals surface area contributed by atoms with Crippen LogP contribution in [0.25, 0.3) is 0 Å². The Bertz CT molecular complexity index is 486. The molecule has 0 aliphatic heterocycles. The van der Waals surface area contributed by atoms with Crippen LogP contribution >= 0.6 is 11.8 Å². The van der Waals surface area contributed by atoms with Crippen molar-refractivity contribution in [3.63, 3.8) is 0 Å². The summed E-state index contributed by atoms with van der Waals surface area (Å²) >= 11 is 1.52. The van der Waals surface area contributed by atoms with Gasteiger partial charge in [0.2, 0.25) is 5.91 Å². The Kier molecular flexibility index (Phi) is 6.07. The van der Waals surface area contributed by atoms with Crippen LogP contribution in [0.4, 0.5) is 0 Å². The molecule has 1 aromatic rings. The number of carbonyl (C=O) groups excluding carboxylic acids is 1. The van der Waals surface area contributed by atoms with E-state index in [-0.39, 0.29) is 12.5 Å². The average molecular weight is 295 g/mol. The minimum Gasteiger partial charge on any atom is -0.481 e. The second kappa shape index (κ2) is 7.33. The lowest BCUT2D eigenvalue weighted by molar-refractivity contribution is -0.146. The molecule has 110 valence electrons. The van der Waals surface area contributed by atoms with E-state index in [1.165, 1.54) is 22.9 Å². The first-order valence-corrected chi connectivity index (χ1v) is 7.60. The van der Waals surface area contributed by atoms with Gasteiger partial charge >= 0.3 is 5.97 Å². The number of nitrogens with one attached hydrogen (secondary N) is 1. The van der Waals surface area contributed by atoms with Crippen molar-refractivity contribution in [2.24, 2.45) is 5.41 Å². The maximum Gasteiger partial charge on any atom is 0.310 e. The fraction of sp³-hybridized carbons (Fsp3) is 0.467. The third-order valence-corrected chi connectivity index (χ3v) is 3.89. The van der Waals surface area contributed by atoms with Crippen molar-refractivity contribution in [3.05, 3.63) is 35.4 Å². The Morgan fingerprint density at radius 1 is 1.35 bits per heavy atom. The van der Waals surface area contributed by atoms with Crippen molar-refractivity contribution >= 4 is 23.6 Å². The van der Waals surface area contributed by atoms with E-state index in [2.05, 4.69) is 11.4 Å². The zero-order valence-corrected chi connectivity index (χ0v) is 12.9. The van der Waals surface area contributed by atoms with Gasteiger partial charge in [-0.1, -0.05) is 29.8 Å². The largest absolute Gasteiger partial charge is 0.481 e. The Labute approximate surface area is 124 Å². The Hall–Kier alpha value is -1.49. The van der Waals surface area contributed by atoms with E-state index < -0.39 is 11.4 Å². The van der Waals surface area contributed by atoms with Gasteiger partial charge in [0, 0.05) is 12.3 Å². The minimum atomic E-state index is -0.934. The molecule has 2 N–H and O–H groups in total. The van der Waals surface area contributed by atoms with Crippen molar-refractivity contribution in [2.75, 3.05) is 12.3 Å². The van der Waals surface area contributed by atoms with Gasteiger partial charge < -0.3 is 10.4 Å². The minimum absolute atomic E-state index is 0.128. The van der Waals surface area contributed by atoms with Gasteiger partial charge in [-0.25, -0.2) is 0 Å². The molecule has 0 fully saturated rings. The predicted molar refractivity (Wildman–Crippen MR) is 81.8 cm³/mol. The number of thioether (sulfide) groups is 1. The molecule has 0 unspecified atom stereocenters. The molecule has 5 heteroatoms. The van der Waals surface area contributed by atoms with Crippen LogP contribution in [0.3, 0.4) is 0 Å². The third kappa shape index (κ3) is 5.65. The summed E-state index contributed by atoms with van der Waals surface area (Å²) in [6, 6.07) is 8.17. The molecule has 1 rings (SSSR count). The van der Waals surface area contributed by atoms with Crippen LogP contribution in [0.5, 0.6) is 0 Å². The Balaban J connectivity index is 2.29. The van der Waals surface area contributed by atoms with Gasteiger partial charge in [-0.3, -0.25) is 9.59 Å². The second-order valence-electron chi connectivity index (χ2n) is 5.45. The fourth-order valence-corrected chi connectivity index (χ4v) is 2.31. The van der Waals surface area contributed by atoms with E-state index in [4.69, 9.17) is 5.11 Å². The lowest BCUT2D eigenvalue weighted by Gasteiger charge is -2.19. The first-order chi connectivity index (χ1) is 9.31. The van der Waals surface area contributed by atoms with Crippen molar-refractivity contribution in [1.82, 2.24) is 5.32 Å². The predicted octanol–water partition coefficient (Wildman–Crippen LogP) is 2.46. The van der Waals surface area contributed by atoms with Crippen molar-refractivity contribution < 1.29 is 14.7 Å². The van der Waals surface area contributed by atoms with E-state index in [0.29, 0.717) is 5.75 Å². The molecule has 0 saturated carbocycles. The quantitative estimate of drug-likeness (QED) is 0.811. The summed E-state index contributed by atoms with van der Waals surface area (Å²) in [5.41, 5.74) is 1.46. The zero-order valence-electron chi connectivity index (χ0n) is 12.1. The van der Waals surface area contributed by atoms with E-state index in [1.807, 2.05) is 25.1 Å². The number of carbonyl (C=O) groups is 2. The summed E-state index contributed by atoms with van der Waals surface area (Å²) in [5.74, 6) is 0.0725. The summed E-state index contributed by atoms with van der Waals surface area (Å²) in [6.07, 6.45) is 0. The van der Waals surface area contributed by atoms with E-state index >= 15 is 0 Å².